The lowest BCUT2D eigenvalue weighted by Gasteiger charge is -2.22. The van der Waals surface area contributed by atoms with Crippen LogP contribution in [0.15, 0.2) is 47.1 Å². The number of hydrogen-bond acceptors (Lipinski definition) is 5. The quantitative estimate of drug-likeness (QED) is 0.714. The second-order valence-corrected chi connectivity index (χ2v) is 5.55. The van der Waals surface area contributed by atoms with Gasteiger partial charge in [0, 0.05) is 13.0 Å². The lowest BCUT2D eigenvalue weighted by Crippen LogP contribution is -2.45. The molecule has 0 radical (unpaired) electrons. The number of benzene rings is 1. The van der Waals surface area contributed by atoms with Crippen LogP contribution in [-0.2, 0) is 16.0 Å². The average Bonchev–Trinajstić information content (AvgIpc) is 3.05. The number of amides is 2. The van der Waals surface area contributed by atoms with Gasteiger partial charge in [-0.3, -0.25) is 9.59 Å². The highest BCUT2D eigenvalue weighted by molar-refractivity contribution is 6.39. The Morgan fingerprint density at radius 3 is 2.67 bits per heavy atom. The SMILES string of the molecule is C[C@@](O)(CNC(=O)C(=O)Nc1ccccc1C#N)Cc1ccco1. The second kappa shape index (κ2) is 7.44. The molecule has 2 rings (SSSR count). The minimum Gasteiger partial charge on any atom is -0.469 e. The molecule has 0 spiro atoms. The number of aliphatic hydroxyl groups is 1. The largest absolute Gasteiger partial charge is 0.469 e. The van der Waals surface area contributed by atoms with E-state index >= 15 is 0 Å². The molecule has 2 aromatic rings. The number of carbonyl (C=O) groups excluding carboxylic acids is 2. The molecule has 1 aromatic carbocycles. The summed E-state index contributed by atoms with van der Waals surface area (Å²) in [6.07, 6.45) is 1.68. The fraction of sp³-hybridized carbons (Fsp3) is 0.235. The molecule has 7 heteroatoms. The third-order valence-corrected chi connectivity index (χ3v) is 3.27. The monoisotopic (exact) mass is 327 g/mol. The number of hydrogen-bond donors (Lipinski definition) is 3. The molecule has 1 heterocycles. The first-order chi connectivity index (χ1) is 11.4. The van der Waals surface area contributed by atoms with Crippen LogP contribution in [0.3, 0.4) is 0 Å². The summed E-state index contributed by atoms with van der Waals surface area (Å²) in [6, 6.07) is 11.7. The van der Waals surface area contributed by atoms with Crippen LogP contribution in [0.2, 0.25) is 0 Å². The van der Waals surface area contributed by atoms with E-state index in [1.165, 1.54) is 25.3 Å². The number of furan rings is 1. The molecule has 0 aliphatic heterocycles. The first kappa shape index (κ1) is 17.2. The number of nitrogens with zero attached hydrogens (tertiary/aromatic N) is 1. The topological polar surface area (TPSA) is 115 Å². The molecule has 0 bridgehead atoms. The van der Waals surface area contributed by atoms with Gasteiger partial charge in [0.05, 0.1) is 23.1 Å². The van der Waals surface area contributed by atoms with E-state index in [1.807, 2.05) is 6.07 Å². The molecule has 0 aliphatic carbocycles. The zero-order valence-electron chi connectivity index (χ0n) is 13.1. The Hall–Kier alpha value is -3.11. The van der Waals surface area contributed by atoms with Crippen molar-refractivity contribution in [1.29, 1.82) is 5.26 Å². The van der Waals surface area contributed by atoms with E-state index in [2.05, 4.69) is 10.6 Å². The molecule has 7 nitrogen and oxygen atoms in total. The van der Waals surface area contributed by atoms with E-state index in [-0.39, 0.29) is 24.2 Å². The third-order valence-electron chi connectivity index (χ3n) is 3.27. The summed E-state index contributed by atoms with van der Waals surface area (Å²) in [5.74, 6) is -1.24. The van der Waals surface area contributed by atoms with Crippen molar-refractivity contribution in [3.63, 3.8) is 0 Å². The van der Waals surface area contributed by atoms with Crippen molar-refractivity contribution in [2.24, 2.45) is 0 Å². The zero-order valence-corrected chi connectivity index (χ0v) is 13.1. The highest BCUT2D eigenvalue weighted by Gasteiger charge is 2.25. The van der Waals surface area contributed by atoms with E-state index in [1.54, 1.807) is 24.3 Å². The molecule has 24 heavy (non-hydrogen) atoms. The Bertz CT molecular complexity index is 760. The molecule has 1 aromatic heterocycles. The summed E-state index contributed by atoms with van der Waals surface area (Å²) in [5.41, 5.74) is -0.760. The van der Waals surface area contributed by atoms with Crippen molar-refractivity contribution in [3.8, 4) is 6.07 Å². The Kier molecular flexibility index (Phi) is 5.35. The predicted octanol–water partition coefficient (Wildman–Crippen LogP) is 1.20. The number of para-hydroxylation sites is 1. The van der Waals surface area contributed by atoms with Crippen molar-refractivity contribution in [1.82, 2.24) is 5.32 Å². The van der Waals surface area contributed by atoms with Gasteiger partial charge in [-0.15, -0.1) is 0 Å². The summed E-state index contributed by atoms with van der Waals surface area (Å²) in [7, 11) is 0. The van der Waals surface area contributed by atoms with Crippen LogP contribution in [0.5, 0.6) is 0 Å². The summed E-state index contributed by atoms with van der Waals surface area (Å²) in [6.45, 7) is 1.40. The fourth-order valence-corrected chi connectivity index (χ4v) is 2.07. The Morgan fingerprint density at radius 2 is 2.00 bits per heavy atom. The van der Waals surface area contributed by atoms with Gasteiger partial charge in [-0.25, -0.2) is 0 Å². The normalized spacial score (nSPS) is 12.7. The minimum absolute atomic E-state index is 0.125. The highest BCUT2D eigenvalue weighted by atomic mass is 16.3. The second-order valence-electron chi connectivity index (χ2n) is 5.55. The summed E-state index contributed by atoms with van der Waals surface area (Å²) in [4.78, 5) is 23.7. The third kappa shape index (κ3) is 4.69. The molecule has 2 amide bonds. The molecule has 0 aliphatic rings. The Morgan fingerprint density at radius 1 is 1.25 bits per heavy atom. The first-order valence-electron chi connectivity index (χ1n) is 7.24. The molecular formula is C17H17N3O4. The Labute approximate surface area is 138 Å². The van der Waals surface area contributed by atoms with E-state index in [4.69, 9.17) is 9.68 Å². The van der Waals surface area contributed by atoms with Crippen LogP contribution < -0.4 is 10.6 Å². The summed E-state index contributed by atoms with van der Waals surface area (Å²) >= 11 is 0. The minimum atomic E-state index is -1.27. The van der Waals surface area contributed by atoms with Gasteiger partial charge in [-0.05, 0) is 31.2 Å². The number of carbonyl (C=O) groups is 2. The van der Waals surface area contributed by atoms with Crippen molar-refractivity contribution >= 4 is 17.5 Å². The number of rotatable bonds is 5. The molecule has 0 fully saturated rings. The molecule has 0 unspecified atom stereocenters. The standard InChI is InChI=1S/C17H17N3O4/c1-17(23,9-13-6-4-8-24-13)11-19-15(21)16(22)20-14-7-3-2-5-12(14)10-18/h2-8,23H,9,11H2,1H3,(H,19,21)(H,20,22)/t17-/m0/s1. The van der Waals surface area contributed by atoms with Crippen LogP contribution >= 0.6 is 0 Å². The highest BCUT2D eigenvalue weighted by Crippen LogP contribution is 2.14. The maximum Gasteiger partial charge on any atom is 0.313 e. The molecular weight excluding hydrogens is 310 g/mol. The van der Waals surface area contributed by atoms with Crippen LogP contribution in [0.1, 0.15) is 18.2 Å². The van der Waals surface area contributed by atoms with Gasteiger partial charge < -0.3 is 20.2 Å². The van der Waals surface area contributed by atoms with Crippen LogP contribution in [0.25, 0.3) is 0 Å². The molecule has 0 saturated carbocycles. The lowest BCUT2D eigenvalue weighted by atomic mass is 10.0. The molecule has 124 valence electrons. The molecule has 1 atom stereocenters. The maximum absolute atomic E-state index is 11.9. The van der Waals surface area contributed by atoms with Crippen molar-refractivity contribution in [2.75, 3.05) is 11.9 Å². The molecule has 3 N–H and O–H groups in total. The smallest absolute Gasteiger partial charge is 0.313 e. The average molecular weight is 327 g/mol. The summed E-state index contributed by atoms with van der Waals surface area (Å²) < 4.78 is 5.15. The van der Waals surface area contributed by atoms with Gasteiger partial charge in [0.15, 0.2) is 0 Å². The predicted molar refractivity (Wildman–Crippen MR) is 85.8 cm³/mol. The van der Waals surface area contributed by atoms with E-state index in [0.29, 0.717) is 5.76 Å². The molecule has 0 saturated heterocycles. The number of nitriles is 1. The van der Waals surface area contributed by atoms with Crippen LogP contribution in [0, 0.1) is 11.3 Å². The van der Waals surface area contributed by atoms with Gasteiger partial charge in [-0.2, -0.15) is 5.26 Å². The number of anilines is 1. The van der Waals surface area contributed by atoms with E-state index < -0.39 is 17.4 Å². The van der Waals surface area contributed by atoms with Crippen molar-refractivity contribution < 1.29 is 19.1 Å². The number of nitrogens with one attached hydrogen (secondary N) is 2. The summed E-state index contributed by atoms with van der Waals surface area (Å²) in [5, 5.41) is 23.9. The van der Waals surface area contributed by atoms with Gasteiger partial charge in [0.25, 0.3) is 0 Å². The van der Waals surface area contributed by atoms with Gasteiger partial charge in [0.1, 0.15) is 11.8 Å². The van der Waals surface area contributed by atoms with E-state index in [9.17, 15) is 14.7 Å². The lowest BCUT2D eigenvalue weighted by molar-refractivity contribution is -0.136. The van der Waals surface area contributed by atoms with Gasteiger partial charge in [0.2, 0.25) is 0 Å². The van der Waals surface area contributed by atoms with Gasteiger partial charge in [-0.1, -0.05) is 12.1 Å². The van der Waals surface area contributed by atoms with Crippen LogP contribution in [0.4, 0.5) is 5.69 Å². The van der Waals surface area contributed by atoms with Gasteiger partial charge >= 0.3 is 11.8 Å². The Balaban J connectivity index is 1.90. The van der Waals surface area contributed by atoms with E-state index in [0.717, 1.165) is 0 Å². The van der Waals surface area contributed by atoms with Crippen LogP contribution in [-0.4, -0.2) is 29.1 Å². The zero-order chi connectivity index (χ0) is 17.6. The fourth-order valence-electron chi connectivity index (χ4n) is 2.07. The first-order valence-corrected chi connectivity index (χ1v) is 7.24. The van der Waals surface area contributed by atoms with Crippen molar-refractivity contribution in [3.05, 3.63) is 54.0 Å². The maximum atomic E-state index is 11.9. The van der Waals surface area contributed by atoms with Crippen molar-refractivity contribution in [2.45, 2.75) is 18.9 Å².